The highest BCUT2D eigenvalue weighted by atomic mass is 32.2. The van der Waals surface area contributed by atoms with Crippen molar-refractivity contribution in [2.45, 2.75) is 0 Å². The van der Waals surface area contributed by atoms with Crippen molar-refractivity contribution in [3.05, 3.63) is 39.9 Å². The van der Waals surface area contributed by atoms with Crippen LogP contribution in [0.2, 0.25) is 0 Å². The molecule has 2 amide bonds. The van der Waals surface area contributed by atoms with E-state index in [0.29, 0.717) is 0 Å². The van der Waals surface area contributed by atoms with Gasteiger partial charge in [0.15, 0.2) is 0 Å². The summed E-state index contributed by atoms with van der Waals surface area (Å²) in [6, 6.07) is 5.08. The maximum absolute atomic E-state index is 11.8. The first-order valence-corrected chi connectivity index (χ1v) is 8.17. The van der Waals surface area contributed by atoms with E-state index in [-0.39, 0.29) is 22.9 Å². The SMILES string of the molecule is O=C(CSC1=NCCS1)NNC(=O)c1ccc([N+](=O)[O-])cc1. The normalized spacial score (nSPS) is 13.4. The third-order valence-corrected chi connectivity index (χ3v) is 4.79. The molecule has 0 saturated heterocycles. The summed E-state index contributed by atoms with van der Waals surface area (Å²) in [5.74, 6) is 0.198. The molecule has 0 unspecified atom stereocenters. The van der Waals surface area contributed by atoms with Crippen LogP contribution in [-0.2, 0) is 4.79 Å². The van der Waals surface area contributed by atoms with E-state index >= 15 is 0 Å². The highest BCUT2D eigenvalue weighted by Crippen LogP contribution is 2.21. The number of nitro groups is 1. The maximum Gasteiger partial charge on any atom is 0.269 e. The third kappa shape index (κ3) is 4.74. The Labute approximate surface area is 134 Å². The van der Waals surface area contributed by atoms with Gasteiger partial charge in [0.1, 0.15) is 4.38 Å². The number of amides is 2. The third-order valence-electron chi connectivity index (χ3n) is 2.54. The van der Waals surface area contributed by atoms with E-state index in [1.165, 1.54) is 36.0 Å². The lowest BCUT2D eigenvalue weighted by atomic mass is 10.2. The molecule has 0 aliphatic carbocycles. The Bertz CT molecular complexity index is 618. The van der Waals surface area contributed by atoms with Gasteiger partial charge >= 0.3 is 0 Å². The van der Waals surface area contributed by atoms with Gasteiger partial charge in [0.25, 0.3) is 11.6 Å². The summed E-state index contributed by atoms with van der Waals surface area (Å²) in [5, 5.41) is 10.5. The molecule has 0 spiro atoms. The molecule has 0 aromatic heterocycles. The van der Waals surface area contributed by atoms with Crippen LogP contribution < -0.4 is 10.9 Å². The van der Waals surface area contributed by atoms with Crippen LogP contribution in [0.25, 0.3) is 0 Å². The topological polar surface area (TPSA) is 114 Å². The Morgan fingerprint density at radius 3 is 2.64 bits per heavy atom. The van der Waals surface area contributed by atoms with Crippen LogP contribution in [0.15, 0.2) is 29.3 Å². The number of carbonyl (C=O) groups excluding carboxylic acids is 2. The second kappa shape index (κ2) is 7.80. The molecule has 1 aliphatic rings. The molecule has 8 nitrogen and oxygen atoms in total. The second-order valence-corrected chi connectivity index (χ2v) is 6.40. The van der Waals surface area contributed by atoms with Crippen molar-refractivity contribution in [3.63, 3.8) is 0 Å². The van der Waals surface area contributed by atoms with Crippen LogP contribution in [0.1, 0.15) is 10.4 Å². The van der Waals surface area contributed by atoms with Gasteiger partial charge in [0.05, 0.1) is 17.2 Å². The number of hydrogen-bond acceptors (Lipinski definition) is 7. The van der Waals surface area contributed by atoms with E-state index in [2.05, 4.69) is 15.8 Å². The van der Waals surface area contributed by atoms with Crippen LogP contribution in [0.5, 0.6) is 0 Å². The number of rotatable bonds is 4. The lowest BCUT2D eigenvalue weighted by Crippen LogP contribution is -2.42. The molecule has 0 atom stereocenters. The van der Waals surface area contributed by atoms with Gasteiger partial charge in [-0.3, -0.25) is 35.5 Å². The van der Waals surface area contributed by atoms with Crippen molar-refractivity contribution < 1.29 is 14.5 Å². The number of nitrogens with one attached hydrogen (secondary N) is 2. The zero-order valence-corrected chi connectivity index (χ0v) is 12.9. The molecule has 1 heterocycles. The Hall–Kier alpha value is -2.07. The largest absolute Gasteiger partial charge is 0.272 e. The average Bonchev–Trinajstić information content (AvgIpc) is 3.04. The minimum atomic E-state index is -0.551. The molecule has 22 heavy (non-hydrogen) atoms. The van der Waals surface area contributed by atoms with Crippen LogP contribution in [0, 0.1) is 10.1 Å². The Morgan fingerprint density at radius 1 is 1.32 bits per heavy atom. The van der Waals surface area contributed by atoms with Gasteiger partial charge in [-0.05, 0) is 12.1 Å². The highest BCUT2D eigenvalue weighted by Gasteiger charge is 2.12. The fraction of sp³-hybridized carbons (Fsp3) is 0.250. The van der Waals surface area contributed by atoms with Crippen LogP contribution in [-0.4, -0.2) is 39.2 Å². The number of thioether (sulfide) groups is 2. The van der Waals surface area contributed by atoms with Crippen LogP contribution in [0.4, 0.5) is 5.69 Å². The minimum absolute atomic E-state index is 0.105. The standard InChI is InChI=1S/C12H12N4O4S2/c17-10(7-22-12-13-5-6-21-12)14-15-11(18)8-1-3-9(4-2-8)16(19)20/h1-4H,5-7H2,(H,14,17)(H,15,18). The van der Waals surface area contributed by atoms with Crippen LogP contribution in [0.3, 0.4) is 0 Å². The van der Waals surface area contributed by atoms with Gasteiger partial charge in [-0.15, -0.1) is 0 Å². The molecule has 2 rings (SSSR count). The molecule has 0 bridgehead atoms. The van der Waals surface area contributed by atoms with Gasteiger partial charge in [0.2, 0.25) is 5.91 Å². The Morgan fingerprint density at radius 2 is 2.05 bits per heavy atom. The number of benzene rings is 1. The summed E-state index contributed by atoms with van der Waals surface area (Å²) in [6.45, 7) is 0.769. The van der Waals surface area contributed by atoms with Gasteiger partial charge in [-0.25, -0.2) is 0 Å². The number of hydrogen-bond donors (Lipinski definition) is 2. The van der Waals surface area contributed by atoms with E-state index < -0.39 is 10.8 Å². The summed E-state index contributed by atoms with van der Waals surface area (Å²) >= 11 is 2.92. The first-order valence-electron chi connectivity index (χ1n) is 6.20. The summed E-state index contributed by atoms with van der Waals surface area (Å²) in [6.07, 6.45) is 0. The second-order valence-electron chi connectivity index (χ2n) is 4.09. The number of nitro benzene ring substituents is 1. The zero-order chi connectivity index (χ0) is 15.9. The van der Waals surface area contributed by atoms with Gasteiger partial charge in [-0.1, -0.05) is 23.5 Å². The van der Waals surface area contributed by atoms with E-state index in [1.807, 2.05) is 0 Å². The number of non-ortho nitro benzene ring substituents is 1. The monoisotopic (exact) mass is 340 g/mol. The number of hydrazine groups is 1. The van der Waals surface area contributed by atoms with E-state index in [1.54, 1.807) is 11.8 Å². The molecule has 1 aliphatic heterocycles. The fourth-order valence-corrected chi connectivity index (χ4v) is 3.31. The smallest absolute Gasteiger partial charge is 0.269 e. The Balaban J connectivity index is 1.76. The lowest BCUT2D eigenvalue weighted by Gasteiger charge is -2.07. The molecular formula is C12H12N4O4S2. The van der Waals surface area contributed by atoms with Crippen molar-refractivity contribution in [3.8, 4) is 0 Å². The predicted molar refractivity (Wildman–Crippen MR) is 85.9 cm³/mol. The summed E-state index contributed by atoms with van der Waals surface area (Å²) in [4.78, 5) is 37.5. The van der Waals surface area contributed by atoms with E-state index in [0.717, 1.165) is 16.7 Å². The molecule has 0 radical (unpaired) electrons. The lowest BCUT2D eigenvalue weighted by molar-refractivity contribution is -0.384. The van der Waals surface area contributed by atoms with Crippen molar-refractivity contribution in [2.24, 2.45) is 4.99 Å². The van der Waals surface area contributed by atoms with Crippen molar-refractivity contribution >= 4 is 45.4 Å². The molecule has 10 heteroatoms. The molecule has 0 fully saturated rings. The molecule has 1 aromatic carbocycles. The summed E-state index contributed by atoms with van der Waals surface area (Å²) < 4.78 is 0.872. The summed E-state index contributed by atoms with van der Waals surface area (Å²) in [7, 11) is 0. The van der Waals surface area contributed by atoms with Crippen molar-refractivity contribution in [1.29, 1.82) is 0 Å². The van der Waals surface area contributed by atoms with Gasteiger partial charge in [0, 0.05) is 23.4 Å². The Kier molecular flexibility index (Phi) is 5.78. The maximum atomic E-state index is 11.8. The molecule has 0 saturated carbocycles. The van der Waals surface area contributed by atoms with E-state index in [9.17, 15) is 19.7 Å². The van der Waals surface area contributed by atoms with Gasteiger partial charge in [-0.2, -0.15) is 0 Å². The predicted octanol–water partition coefficient (Wildman–Crippen LogP) is 1.19. The molecule has 1 aromatic rings. The zero-order valence-electron chi connectivity index (χ0n) is 11.3. The quantitative estimate of drug-likeness (QED) is 0.629. The van der Waals surface area contributed by atoms with Crippen LogP contribution >= 0.6 is 23.5 Å². The first-order chi connectivity index (χ1) is 10.6. The van der Waals surface area contributed by atoms with E-state index in [4.69, 9.17) is 0 Å². The molecule has 2 N–H and O–H groups in total. The minimum Gasteiger partial charge on any atom is -0.272 e. The fourth-order valence-electron chi connectivity index (χ4n) is 1.50. The summed E-state index contributed by atoms with van der Waals surface area (Å²) in [5.41, 5.74) is 4.65. The number of aliphatic imine (C=N–C) groups is 1. The molecule has 116 valence electrons. The number of nitrogens with zero attached hydrogens (tertiary/aromatic N) is 2. The average molecular weight is 340 g/mol. The van der Waals surface area contributed by atoms with Gasteiger partial charge < -0.3 is 0 Å². The first kappa shape index (κ1) is 16.3. The highest BCUT2D eigenvalue weighted by molar-refractivity contribution is 8.39. The van der Waals surface area contributed by atoms with Crippen molar-refractivity contribution in [2.75, 3.05) is 18.1 Å². The molecular weight excluding hydrogens is 328 g/mol. The number of carbonyl (C=O) groups is 2. The van der Waals surface area contributed by atoms with Crippen molar-refractivity contribution in [1.82, 2.24) is 10.9 Å².